The zero-order valence-electron chi connectivity index (χ0n) is 11.7. The summed E-state index contributed by atoms with van der Waals surface area (Å²) in [6, 6.07) is 10.4. The van der Waals surface area contributed by atoms with Gasteiger partial charge in [-0.1, -0.05) is 6.07 Å². The monoisotopic (exact) mass is 251 g/mol. The van der Waals surface area contributed by atoms with Gasteiger partial charge in [-0.2, -0.15) is 0 Å². The van der Waals surface area contributed by atoms with Crippen LogP contribution in [0.5, 0.6) is 0 Å². The van der Waals surface area contributed by atoms with Crippen molar-refractivity contribution in [1.82, 2.24) is 4.98 Å². The van der Waals surface area contributed by atoms with E-state index in [1.165, 1.54) is 22.3 Å². The summed E-state index contributed by atoms with van der Waals surface area (Å²) < 4.78 is 5.87. The zero-order chi connectivity index (χ0) is 13.6. The van der Waals surface area contributed by atoms with E-state index in [-0.39, 0.29) is 0 Å². The fourth-order valence-corrected chi connectivity index (χ4v) is 2.18. The van der Waals surface area contributed by atoms with E-state index in [0.717, 1.165) is 16.7 Å². The van der Waals surface area contributed by atoms with E-state index in [2.05, 4.69) is 63.0 Å². The Bertz CT molecular complexity index is 729. The molecule has 0 saturated carbocycles. The smallest absolute Gasteiger partial charge is 0.227 e. The predicted octanol–water partition coefficient (Wildman–Crippen LogP) is 4.73. The Morgan fingerprint density at radius 3 is 2.21 bits per heavy atom. The number of hydrogen-bond donors (Lipinski definition) is 0. The average molecular weight is 251 g/mol. The maximum absolute atomic E-state index is 5.87. The van der Waals surface area contributed by atoms with Crippen LogP contribution in [0.25, 0.3) is 22.6 Å². The number of fused-ring (bicyclic) bond motifs is 1. The Balaban J connectivity index is 2.17. The quantitative estimate of drug-likeness (QED) is 0.625. The van der Waals surface area contributed by atoms with Gasteiger partial charge in [-0.05, 0) is 74.2 Å². The summed E-state index contributed by atoms with van der Waals surface area (Å²) >= 11 is 0. The third-order valence-electron chi connectivity index (χ3n) is 3.76. The van der Waals surface area contributed by atoms with Crippen LogP contribution in [0, 0.1) is 27.7 Å². The minimum absolute atomic E-state index is 0.697. The van der Waals surface area contributed by atoms with Crippen LogP contribution in [-0.2, 0) is 0 Å². The van der Waals surface area contributed by atoms with Crippen LogP contribution in [0.15, 0.2) is 34.7 Å². The maximum atomic E-state index is 5.87. The molecule has 0 fully saturated rings. The Morgan fingerprint density at radius 2 is 1.47 bits per heavy atom. The summed E-state index contributed by atoms with van der Waals surface area (Å²) in [4.78, 5) is 4.59. The van der Waals surface area contributed by atoms with Crippen LogP contribution in [-0.4, -0.2) is 4.98 Å². The van der Waals surface area contributed by atoms with Gasteiger partial charge in [0.25, 0.3) is 0 Å². The molecule has 0 aliphatic rings. The molecule has 0 amide bonds. The van der Waals surface area contributed by atoms with Gasteiger partial charge < -0.3 is 4.42 Å². The van der Waals surface area contributed by atoms with Gasteiger partial charge in [0.05, 0.1) is 0 Å². The molecule has 0 radical (unpaired) electrons. The van der Waals surface area contributed by atoms with E-state index in [0.29, 0.717) is 5.89 Å². The van der Waals surface area contributed by atoms with Gasteiger partial charge in [-0.15, -0.1) is 0 Å². The highest BCUT2D eigenvalue weighted by Crippen LogP contribution is 2.27. The molecule has 0 N–H and O–H groups in total. The molecule has 2 nitrogen and oxygen atoms in total. The van der Waals surface area contributed by atoms with Crippen molar-refractivity contribution >= 4 is 11.1 Å². The second-order valence-corrected chi connectivity index (χ2v) is 5.22. The molecular formula is C17H17NO. The number of rotatable bonds is 1. The molecule has 3 aromatic rings. The second-order valence-electron chi connectivity index (χ2n) is 5.22. The van der Waals surface area contributed by atoms with E-state index >= 15 is 0 Å². The SMILES string of the molecule is Cc1ccc(-c2nc3cc(C)c(C)cc3o2)cc1C. The highest BCUT2D eigenvalue weighted by atomic mass is 16.3. The minimum atomic E-state index is 0.697. The van der Waals surface area contributed by atoms with Gasteiger partial charge in [0.15, 0.2) is 5.58 Å². The molecule has 0 atom stereocenters. The largest absolute Gasteiger partial charge is 0.436 e. The third-order valence-corrected chi connectivity index (χ3v) is 3.76. The van der Waals surface area contributed by atoms with Crippen molar-refractivity contribution in [3.05, 3.63) is 52.6 Å². The van der Waals surface area contributed by atoms with Crippen molar-refractivity contribution in [2.75, 3.05) is 0 Å². The van der Waals surface area contributed by atoms with Crippen LogP contribution in [0.4, 0.5) is 0 Å². The van der Waals surface area contributed by atoms with Crippen molar-refractivity contribution in [1.29, 1.82) is 0 Å². The lowest BCUT2D eigenvalue weighted by Crippen LogP contribution is -1.83. The van der Waals surface area contributed by atoms with E-state index < -0.39 is 0 Å². The molecule has 19 heavy (non-hydrogen) atoms. The lowest BCUT2D eigenvalue weighted by molar-refractivity contribution is 0.619. The third kappa shape index (κ3) is 2.03. The first kappa shape index (κ1) is 12.0. The molecular weight excluding hydrogens is 234 g/mol. The van der Waals surface area contributed by atoms with Crippen LogP contribution in [0.3, 0.4) is 0 Å². The van der Waals surface area contributed by atoms with Gasteiger partial charge in [0, 0.05) is 5.56 Å². The summed E-state index contributed by atoms with van der Waals surface area (Å²) in [5.74, 6) is 0.697. The van der Waals surface area contributed by atoms with E-state index in [1.54, 1.807) is 0 Å². The highest BCUT2D eigenvalue weighted by Gasteiger charge is 2.10. The molecule has 96 valence electrons. The zero-order valence-corrected chi connectivity index (χ0v) is 11.7. The van der Waals surface area contributed by atoms with Gasteiger partial charge in [0.2, 0.25) is 5.89 Å². The number of hydrogen-bond acceptors (Lipinski definition) is 2. The van der Waals surface area contributed by atoms with Crippen LogP contribution < -0.4 is 0 Å². The van der Waals surface area contributed by atoms with Crippen LogP contribution >= 0.6 is 0 Å². The van der Waals surface area contributed by atoms with E-state index in [4.69, 9.17) is 4.42 Å². The molecule has 2 heteroatoms. The Morgan fingerprint density at radius 1 is 0.789 bits per heavy atom. The first-order valence-electron chi connectivity index (χ1n) is 6.50. The topological polar surface area (TPSA) is 26.0 Å². The summed E-state index contributed by atoms with van der Waals surface area (Å²) in [7, 11) is 0. The van der Waals surface area contributed by atoms with Gasteiger partial charge in [-0.3, -0.25) is 0 Å². The molecule has 0 aliphatic heterocycles. The standard InChI is InChI=1S/C17H17NO/c1-10-5-6-14(7-11(10)2)17-18-15-8-12(3)13(4)9-16(15)19-17/h5-9H,1-4H3. The molecule has 3 rings (SSSR count). The number of aromatic nitrogens is 1. The fourth-order valence-electron chi connectivity index (χ4n) is 2.18. The number of nitrogens with zero attached hydrogens (tertiary/aromatic N) is 1. The summed E-state index contributed by atoms with van der Waals surface area (Å²) in [5.41, 5.74) is 7.84. The van der Waals surface area contributed by atoms with Crippen LogP contribution in [0.1, 0.15) is 22.3 Å². The highest BCUT2D eigenvalue weighted by molar-refractivity contribution is 5.78. The van der Waals surface area contributed by atoms with Crippen molar-refractivity contribution < 1.29 is 4.42 Å². The van der Waals surface area contributed by atoms with Crippen LogP contribution in [0.2, 0.25) is 0 Å². The predicted molar refractivity (Wildman–Crippen MR) is 78.4 cm³/mol. The fraction of sp³-hybridized carbons (Fsp3) is 0.235. The van der Waals surface area contributed by atoms with Gasteiger partial charge in [-0.25, -0.2) is 4.98 Å². The summed E-state index contributed by atoms with van der Waals surface area (Å²) in [6.45, 7) is 8.40. The lowest BCUT2D eigenvalue weighted by atomic mass is 10.1. The van der Waals surface area contributed by atoms with E-state index in [1.807, 2.05) is 0 Å². The average Bonchev–Trinajstić information content (AvgIpc) is 2.76. The molecule has 0 saturated heterocycles. The normalized spacial score (nSPS) is 11.2. The first-order chi connectivity index (χ1) is 9.04. The second kappa shape index (κ2) is 4.23. The molecule has 0 spiro atoms. The lowest BCUT2D eigenvalue weighted by Gasteiger charge is -2.01. The minimum Gasteiger partial charge on any atom is -0.436 e. The Kier molecular flexibility index (Phi) is 2.67. The van der Waals surface area contributed by atoms with Gasteiger partial charge >= 0.3 is 0 Å². The van der Waals surface area contributed by atoms with Crippen molar-refractivity contribution in [2.45, 2.75) is 27.7 Å². The summed E-state index contributed by atoms with van der Waals surface area (Å²) in [5, 5.41) is 0. The van der Waals surface area contributed by atoms with Crippen molar-refractivity contribution in [2.24, 2.45) is 0 Å². The maximum Gasteiger partial charge on any atom is 0.227 e. The molecule has 0 bridgehead atoms. The molecule has 0 unspecified atom stereocenters. The molecule has 2 aromatic carbocycles. The number of benzene rings is 2. The van der Waals surface area contributed by atoms with Crippen molar-refractivity contribution in [3.63, 3.8) is 0 Å². The first-order valence-corrected chi connectivity index (χ1v) is 6.50. The molecule has 0 aliphatic carbocycles. The Hall–Kier alpha value is -2.09. The number of aryl methyl sites for hydroxylation is 4. The van der Waals surface area contributed by atoms with Gasteiger partial charge in [0.1, 0.15) is 5.52 Å². The van der Waals surface area contributed by atoms with E-state index in [9.17, 15) is 0 Å². The van der Waals surface area contributed by atoms with Crippen molar-refractivity contribution in [3.8, 4) is 11.5 Å². The molecule has 1 heterocycles. The molecule has 1 aromatic heterocycles. The summed E-state index contributed by atoms with van der Waals surface area (Å²) in [6.07, 6.45) is 0. The Labute approximate surface area is 113 Å². The number of oxazole rings is 1.